The summed E-state index contributed by atoms with van der Waals surface area (Å²) in [5.74, 6) is 0.0623. The Morgan fingerprint density at radius 1 is 1.45 bits per heavy atom. The van der Waals surface area contributed by atoms with Gasteiger partial charge in [-0.1, -0.05) is 6.07 Å². The number of carbonyl (C=O) groups excluding carboxylic acids is 1. The molecule has 0 aliphatic heterocycles. The summed E-state index contributed by atoms with van der Waals surface area (Å²) in [6.45, 7) is 0.744. The van der Waals surface area contributed by atoms with E-state index in [1.807, 2.05) is 11.4 Å². The van der Waals surface area contributed by atoms with Crippen LogP contribution < -0.4 is 4.74 Å². The Kier molecular flexibility index (Phi) is 5.14. The quantitative estimate of drug-likeness (QED) is 0.814. The molecule has 3 nitrogen and oxygen atoms in total. The number of ether oxygens (including phenoxy) is 1. The molecule has 0 saturated heterocycles. The summed E-state index contributed by atoms with van der Waals surface area (Å²) in [5, 5.41) is 1.86. The van der Waals surface area contributed by atoms with Gasteiger partial charge in [0.25, 0.3) is 5.91 Å². The Morgan fingerprint density at radius 2 is 2.25 bits per heavy atom. The van der Waals surface area contributed by atoms with Gasteiger partial charge >= 0.3 is 0 Å². The predicted octanol–water partition coefficient (Wildman–Crippen LogP) is 3.80. The van der Waals surface area contributed by atoms with Crippen LogP contribution in [0, 0.1) is 5.82 Å². The molecule has 106 valence electrons. The number of halogens is 2. The molecule has 0 aliphatic rings. The normalized spacial score (nSPS) is 10.3. The molecule has 1 amide bonds. The van der Waals surface area contributed by atoms with Crippen molar-refractivity contribution in [2.75, 3.05) is 20.2 Å². The van der Waals surface area contributed by atoms with E-state index in [-0.39, 0.29) is 11.7 Å². The first-order chi connectivity index (χ1) is 9.58. The van der Waals surface area contributed by atoms with E-state index in [2.05, 4.69) is 15.9 Å². The first kappa shape index (κ1) is 15.0. The van der Waals surface area contributed by atoms with Crippen molar-refractivity contribution in [2.45, 2.75) is 0 Å². The fourth-order valence-corrected chi connectivity index (χ4v) is 3.11. The highest BCUT2D eigenvalue weighted by atomic mass is 79.9. The molecular formula is C14H13BrFNO2S. The third-order valence-corrected chi connectivity index (χ3v) is 4.48. The molecule has 1 heterocycles. The summed E-state index contributed by atoms with van der Waals surface area (Å²) >= 11 is 4.73. The zero-order valence-corrected chi connectivity index (χ0v) is 13.2. The number of likely N-dealkylation sites (N-methyl/N-ethyl adjacent to an activating group) is 1. The van der Waals surface area contributed by atoms with Crippen molar-refractivity contribution in [1.82, 2.24) is 4.90 Å². The predicted molar refractivity (Wildman–Crippen MR) is 80.9 cm³/mol. The van der Waals surface area contributed by atoms with Crippen LogP contribution in [-0.2, 0) is 0 Å². The van der Waals surface area contributed by atoms with E-state index >= 15 is 0 Å². The van der Waals surface area contributed by atoms with E-state index < -0.39 is 0 Å². The lowest BCUT2D eigenvalue weighted by molar-refractivity contribution is 0.0777. The standard InChI is InChI=1S/C14H13BrFNO2S/c1-17(14(18)13-12(15)5-8-20-13)6-7-19-11-4-2-3-10(16)9-11/h2-5,8-9H,6-7H2,1H3. The maximum atomic E-state index is 13.0. The molecule has 1 aromatic carbocycles. The monoisotopic (exact) mass is 357 g/mol. The maximum absolute atomic E-state index is 13.0. The molecule has 20 heavy (non-hydrogen) atoms. The molecule has 2 rings (SSSR count). The van der Waals surface area contributed by atoms with Gasteiger partial charge in [-0.05, 0) is 39.5 Å². The molecule has 0 atom stereocenters. The van der Waals surface area contributed by atoms with Crippen molar-refractivity contribution in [3.8, 4) is 5.75 Å². The highest BCUT2D eigenvalue weighted by molar-refractivity contribution is 9.10. The molecule has 2 aromatic rings. The Bertz CT molecular complexity index is 602. The van der Waals surface area contributed by atoms with Crippen LogP contribution in [-0.4, -0.2) is 31.0 Å². The second-order valence-corrected chi connectivity index (χ2v) is 5.90. The smallest absolute Gasteiger partial charge is 0.264 e. The van der Waals surface area contributed by atoms with Crippen LogP contribution in [0.3, 0.4) is 0 Å². The third-order valence-electron chi connectivity index (χ3n) is 2.65. The van der Waals surface area contributed by atoms with Crippen LogP contribution in [0.5, 0.6) is 5.75 Å². The summed E-state index contributed by atoms with van der Waals surface area (Å²) < 4.78 is 19.2. The highest BCUT2D eigenvalue weighted by Crippen LogP contribution is 2.23. The zero-order chi connectivity index (χ0) is 14.5. The molecule has 0 radical (unpaired) electrons. The Hall–Kier alpha value is -1.40. The number of rotatable bonds is 5. The SMILES string of the molecule is CN(CCOc1cccc(F)c1)C(=O)c1sccc1Br. The van der Waals surface area contributed by atoms with Crippen molar-refractivity contribution >= 4 is 33.2 Å². The molecule has 0 spiro atoms. The first-order valence-corrected chi connectivity index (χ1v) is 7.62. The number of hydrogen-bond donors (Lipinski definition) is 0. The van der Waals surface area contributed by atoms with Crippen LogP contribution in [0.15, 0.2) is 40.2 Å². The highest BCUT2D eigenvalue weighted by Gasteiger charge is 2.15. The summed E-state index contributed by atoms with van der Waals surface area (Å²) in [6, 6.07) is 7.78. The number of nitrogens with zero attached hydrogens (tertiary/aromatic N) is 1. The van der Waals surface area contributed by atoms with E-state index in [0.717, 1.165) is 4.47 Å². The van der Waals surface area contributed by atoms with Gasteiger partial charge in [0.05, 0.1) is 6.54 Å². The number of amides is 1. The maximum Gasteiger partial charge on any atom is 0.264 e. The minimum atomic E-state index is -0.338. The largest absolute Gasteiger partial charge is 0.492 e. The van der Waals surface area contributed by atoms with Gasteiger partial charge in [0.15, 0.2) is 0 Å². The van der Waals surface area contributed by atoms with Gasteiger partial charge in [-0.2, -0.15) is 0 Å². The fourth-order valence-electron chi connectivity index (χ4n) is 1.58. The molecule has 0 fully saturated rings. The van der Waals surface area contributed by atoms with Crippen molar-refractivity contribution in [3.63, 3.8) is 0 Å². The molecule has 0 N–H and O–H groups in total. The van der Waals surface area contributed by atoms with Gasteiger partial charge in [-0.25, -0.2) is 4.39 Å². The molecule has 0 aliphatic carbocycles. The minimum absolute atomic E-state index is 0.0604. The van der Waals surface area contributed by atoms with Crippen molar-refractivity contribution in [3.05, 3.63) is 50.9 Å². The van der Waals surface area contributed by atoms with Gasteiger partial charge in [0, 0.05) is 17.6 Å². The van der Waals surface area contributed by atoms with Crippen LogP contribution in [0.2, 0.25) is 0 Å². The Labute approximate surface area is 129 Å². The molecule has 0 saturated carbocycles. The van der Waals surface area contributed by atoms with Gasteiger partial charge < -0.3 is 9.64 Å². The second-order valence-electron chi connectivity index (χ2n) is 4.13. The topological polar surface area (TPSA) is 29.5 Å². The molecule has 0 bridgehead atoms. The average molecular weight is 358 g/mol. The van der Waals surface area contributed by atoms with Gasteiger partial charge in [0.1, 0.15) is 23.1 Å². The number of carbonyl (C=O) groups is 1. The average Bonchev–Trinajstić information content (AvgIpc) is 2.84. The lowest BCUT2D eigenvalue weighted by Crippen LogP contribution is -2.30. The fraction of sp³-hybridized carbons (Fsp3) is 0.214. The van der Waals surface area contributed by atoms with E-state index in [0.29, 0.717) is 23.8 Å². The van der Waals surface area contributed by atoms with Crippen LogP contribution in [0.1, 0.15) is 9.67 Å². The lowest BCUT2D eigenvalue weighted by Gasteiger charge is -2.17. The van der Waals surface area contributed by atoms with E-state index in [9.17, 15) is 9.18 Å². The second kappa shape index (κ2) is 6.85. The van der Waals surface area contributed by atoms with Crippen LogP contribution in [0.25, 0.3) is 0 Å². The van der Waals surface area contributed by atoms with Crippen molar-refractivity contribution < 1.29 is 13.9 Å². The number of benzene rings is 1. The first-order valence-electron chi connectivity index (χ1n) is 5.95. The van der Waals surface area contributed by atoms with Crippen LogP contribution >= 0.6 is 27.3 Å². The molecular weight excluding hydrogens is 345 g/mol. The van der Waals surface area contributed by atoms with Gasteiger partial charge in [-0.15, -0.1) is 11.3 Å². The molecule has 1 aromatic heterocycles. The zero-order valence-electron chi connectivity index (χ0n) is 10.8. The van der Waals surface area contributed by atoms with E-state index in [1.54, 1.807) is 24.1 Å². The Morgan fingerprint density at radius 3 is 2.90 bits per heavy atom. The summed E-state index contributed by atoms with van der Waals surface area (Å²) in [7, 11) is 1.71. The summed E-state index contributed by atoms with van der Waals surface area (Å²) in [5.41, 5.74) is 0. The van der Waals surface area contributed by atoms with E-state index in [4.69, 9.17) is 4.74 Å². The van der Waals surface area contributed by atoms with Crippen LogP contribution in [0.4, 0.5) is 4.39 Å². The summed E-state index contributed by atoms with van der Waals surface area (Å²) in [6.07, 6.45) is 0. The third kappa shape index (κ3) is 3.80. The van der Waals surface area contributed by atoms with Gasteiger partial charge in [0.2, 0.25) is 0 Å². The summed E-state index contributed by atoms with van der Waals surface area (Å²) in [4.78, 5) is 14.4. The van der Waals surface area contributed by atoms with Gasteiger partial charge in [-0.3, -0.25) is 4.79 Å². The molecule has 0 unspecified atom stereocenters. The van der Waals surface area contributed by atoms with Crippen molar-refractivity contribution in [1.29, 1.82) is 0 Å². The lowest BCUT2D eigenvalue weighted by atomic mass is 10.3. The minimum Gasteiger partial charge on any atom is -0.492 e. The number of hydrogen-bond acceptors (Lipinski definition) is 3. The number of thiophene rings is 1. The Balaban J connectivity index is 1.85. The molecule has 6 heteroatoms. The van der Waals surface area contributed by atoms with E-state index in [1.165, 1.54) is 23.5 Å². The van der Waals surface area contributed by atoms with Crippen molar-refractivity contribution in [2.24, 2.45) is 0 Å².